The van der Waals surface area contributed by atoms with Gasteiger partial charge in [-0.1, -0.05) is 23.2 Å². The number of carbonyl (C=O) groups is 1. The van der Waals surface area contributed by atoms with Crippen LogP contribution in [-0.2, 0) is 4.74 Å². The summed E-state index contributed by atoms with van der Waals surface area (Å²) in [6, 6.07) is 1.38. The van der Waals surface area contributed by atoms with E-state index in [-0.39, 0.29) is 15.7 Å². The monoisotopic (exact) mass is 219 g/mol. The molecule has 1 rings (SSSR count). The van der Waals surface area contributed by atoms with E-state index in [0.29, 0.717) is 6.61 Å². The minimum absolute atomic E-state index is 0.215. The van der Waals surface area contributed by atoms with Crippen molar-refractivity contribution in [2.75, 3.05) is 6.61 Å². The van der Waals surface area contributed by atoms with Gasteiger partial charge in [0.2, 0.25) is 0 Å². The number of aromatic nitrogens is 1. The van der Waals surface area contributed by atoms with Gasteiger partial charge >= 0.3 is 5.97 Å². The molecule has 5 heteroatoms. The summed E-state index contributed by atoms with van der Waals surface area (Å²) in [6.07, 6.45) is 1.32. The molecule has 0 amide bonds. The number of pyridine rings is 1. The summed E-state index contributed by atoms with van der Waals surface area (Å²) >= 11 is 11.3. The average molecular weight is 220 g/mol. The lowest BCUT2D eigenvalue weighted by Crippen LogP contribution is -2.05. The Morgan fingerprint density at radius 2 is 2.31 bits per heavy atom. The van der Waals surface area contributed by atoms with Crippen LogP contribution in [0.3, 0.4) is 0 Å². The van der Waals surface area contributed by atoms with Crippen LogP contribution in [0.5, 0.6) is 0 Å². The fourth-order valence-electron chi connectivity index (χ4n) is 0.778. The second-order valence-corrected chi connectivity index (χ2v) is 3.00. The smallest absolute Gasteiger partial charge is 0.339 e. The molecule has 0 unspecified atom stereocenters. The topological polar surface area (TPSA) is 39.2 Å². The molecule has 0 fully saturated rings. The first-order chi connectivity index (χ1) is 6.15. The Bertz CT molecular complexity index is 328. The molecular weight excluding hydrogens is 213 g/mol. The molecule has 0 saturated carbocycles. The number of rotatable bonds is 2. The van der Waals surface area contributed by atoms with Crippen molar-refractivity contribution in [1.82, 2.24) is 4.98 Å². The Hall–Kier alpha value is -0.800. The van der Waals surface area contributed by atoms with Crippen molar-refractivity contribution in [3.8, 4) is 0 Å². The maximum absolute atomic E-state index is 11.2. The molecule has 0 spiro atoms. The van der Waals surface area contributed by atoms with Gasteiger partial charge in [-0.3, -0.25) is 0 Å². The molecule has 0 aromatic carbocycles. The largest absolute Gasteiger partial charge is 0.462 e. The van der Waals surface area contributed by atoms with Crippen LogP contribution in [0, 0.1) is 0 Å². The summed E-state index contributed by atoms with van der Waals surface area (Å²) in [7, 11) is 0. The number of hydrogen-bond acceptors (Lipinski definition) is 3. The highest BCUT2D eigenvalue weighted by Crippen LogP contribution is 2.18. The standard InChI is InChI=1S/C8H7Cl2NO2/c1-2-13-8(12)5-3-7(10)11-4-6(5)9/h3-4H,2H2,1H3. The molecular formula is C8H7Cl2NO2. The predicted octanol–water partition coefficient (Wildman–Crippen LogP) is 2.57. The van der Waals surface area contributed by atoms with Gasteiger partial charge in [0.25, 0.3) is 0 Å². The zero-order valence-electron chi connectivity index (χ0n) is 6.88. The van der Waals surface area contributed by atoms with Crippen LogP contribution in [0.15, 0.2) is 12.3 Å². The Morgan fingerprint density at radius 3 is 2.92 bits per heavy atom. The molecule has 13 heavy (non-hydrogen) atoms. The number of nitrogens with zero attached hydrogens (tertiary/aromatic N) is 1. The van der Waals surface area contributed by atoms with Gasteiger partial charge < -0.3 is 4.74 Å². The third-order valence-corrected chi connectivity index (χ3v) is 1.83. The zero-order chi connectivity index (χ0) is 9.84. The Kier molecular flexibility index (Phi) is 3.51. The van der Waals surface area contributed by atoms with Crippen LogP contribution in [-0.4, -0.2) is 17.6 Å². The lowest BCUT2D eigenvalue weighted by molar-refractivity contribution is 0.0526. The van der Waals surface area contributed by atoms with Crippen molar-refractivity contribution < 1.29 is 9.53 Å². The van der Waals surface area contributed by atoms with E-state index < -0.39 is 5.97 Å². The molecule has 0 saturated heterocycles. The molecule has 0 radical (unpaired) electrons. The van der Waals surface area contributed by atoms with Crippen LogP contribution in [0.2, 0.25) is 10.2 Å². The second-order valence-electron chi connectivity index (χ2n) is 2.21. The molecule has 1 aromatic rings. The van der Waals surface area contributed by atoms with Crippen molar-refractivity contribution in [2.45, 2.75) is 6.92 Å². The Morgan fingerprint density at radius 1 is 1.62 bits per heavy atom. The summed E-state index contributed by atoms with van der Waals surface area (Å²) < 4.78 is 4.75. The summed E-state index contributed by atoms with van der Waals surface area (Å²) in [5.74, 6) is -0.489. The van der Waals surface area contributed by atoms with Gasteiger partial charge in [0, 0.05) is 6.20 Å². The summed E-state index contributed by atoms with van der Waals surface area (Å²) in [4.78, 5) is 14.9. The van der Waals surface area contributed by atoms with Crippen LogP contribution in [0.25, 0.3) is 0 Å². The van der Waals surface area contributed by atoms with Crippen molar-refractivity contribution in [3.05, 3.63) is 28.0 Å². The third kappa shape index (κ3) is 2.57. The van der Waals surface area contributed by atoms with E-state index in [1.54, 1.807) is 6.92 Å². The van der Waals surface area contributed by atoms with Crippen molar-refractivity contribution >= 4 is 29.2 Å². The number of esters is 1. The summed E-state index contributed by atoms with van der Waals surface area (Å²) in [5.41, 5.74) is 0.239. The number of ether oxygens (including phenoxy) is 1. The van der Waals surface area contributed by atoms with Gasteiger partial charge in [0.1, 0.15) is 5.15 Å². The van der Waals surface area contributed by atoms with Crippen molar-refractivity contribution in [3.63, 3.8) is 0 Å². The van der Waals surface area contributed by atoms with Crippen LogP contribution in [0.1, 0.15) is 17.3 Å². The first-order valence-electron chi connectivity index (χ1n) is 3.63. The van der Waals surface area contributed by atoms with Crippen molar-refractivity contribution in [1.29, 1.82) is 0 Å². The van der Waals surface area contributed by atoms with Gasteiger partial charge in [-0.2, -0.15) is 0 Å². The minimum Gasteiger partial charge on any atom is -0.462 e. The highest BCUT2D eigenvalue weighted by Gasteiger charge is 2.11. The van der Waals surface area contributed by atoms with Gasteiger partial charge in [-0.05, 0) is 13.0 Å². The molecule has 0 aliphatic carbocycles. The first kappa shape index (κ1) is 10.3. The van der Waals surface area contributed by atoms with Gasteiger partial charge in [0.15, 0.2) is 0 Å². The maximum Gasteiger partial charge on any atom is 0.339 e. The van der Waals surface area contributed by atoms with Gasteiger partial charge in [0.05, 0.1) is 17.2 Å². The van der Waals surface area contributed by atoms with Gasteiger partial charge in [-0.25, -0.2) is 9.78 Å². The normalized spacial score (nSPS) is 9.77. The predicted molar refractivity (Wildman–Crippen MR) is 50.2 cm³/mol. The number of carbonyl (C=O) groups excluding carboxylic acids is 1. The van der Waals surface area contributed by atoms with E-state index in [1.807, 2.05) is 0 Å². The molecule has 0 N–H and O–H groups in total. The molecule has 3 nitrogen and oxygen atoms in total. The van der Waals surface area contributed by atoms with Gasteiger partial charge in [-0.15, -0.1) is 0 Å². The lowest BCUT2D eigenvalue weighted by Gasteiger charge is -2.03. The molecule has 0 aliphatic rings. The van der Waals surface area contributed by atoms with E-state index in [1.165, 1.54) is 12.3 Å². The Labute approximate surface area is 85.6 Å². The average Bonchev–Trinajstić information content (AvgIpc) is 2.09. The van der Waals surface area contributed by atoms with Crippen LogP contribution in [0.4, 0.5) is 0 Å². The highest BCUT2D eigenvalue weighted by molar-refractivity contribution is 6.34. The first-order valence-corrected chi connectivity index (χ1v) is 4.39. The summed E-state index contributed by atoms with van der Waals surface area (Å²) in [6.45, 7) is 2.02. The van der Waals surface area contributed by atoms with E-state index in [9.17, 15) is 4.79 Å². The zero-order valence-corrected chi connectivity index (χ0v) is 8.39. The lowest BCUT2D eigenvalue weighted by atomic mass is 10.3. The summed E-state index contributed by atoms with van der Waals surface area (Å²) in [5, 5.41) is 0.454. The van der Waals surface area contributed by atoms with Crippen molar-refractivity contribution in [2.24, 2.45) is 0 Å². The van der Waals surface area contributed by atoms with E-state index in [4.69, 9.17) is 27.9 Å². The fraction of sp³-hybridized carbons (Fsp3) is 0.250. The third-order valence-electron chi connectivity index (χ3n) is 1.32. The highest BCUT2D eigenvalue weighted by atomic mass is 35.5. The fourth-order valence-corrected chi connectivity index (χ4v) is 1.12. The SMILES string of the molecule is CCOC(=O)c1cc(Cl)ncc1Cl. The van der Waals surface area contributed by atoms with E-state index in [2.05, 4.69) is 4.98 Å². The van der Waals surface area contributed by atoms with E-state index in [0.717, 1.165) is 0 Å². The number of halogens is 2. The second kappa shape index (κ2) is 4.44. The van der Waals surface area contributed by atoms with Crippen LogP contribution < -0.4 is 0 Å². The quantitative estimate of drug-likeness (QED) is 0.567. The molecule has 70 valence electrons. The Balaban J connectivity index is 2.99. The maximum atomic E-state index is 11.2. The van der Waals surface area contributed by atoms with Crippen LogP contribution >= 0.6 is 23.2 Å². The number of hydrogen-bond donors (Lipinski definition) is 0. The molecule has 0 atom stereocenters. The molecule has 0 bridgehead atoms. The molecule has 1 heterocycles. The van der Waals surface area contributed by atoms with E-state index >= 15 is 0 Å². The minimum atomic E-state index is -0.489. The molecule has 1 aromatic heterocycles. The molecule has 0 aliphatic heterocycles.